The molecular weight excluding hydrogens is 202 g/mol. The van der Waals surface area contributed by atoms with Crippen molar-refractivity contribution in [2.24, 2.45) is 7.05 Å². The molecule has 0 amide bonds. The molecule has 0 fully saturated rings. The Balaban J connectivity index is 1.69. The van der Waals surface area contributed by atoms with Gasteiger partial charge in [0.25, 0.3) is 0 Å². The highest BCUT2D eigenvalue weighted by molar-refractivity contribution is 5.07. The van der Waals surface area contributed by atoms with Crippen molar-refractivity contribution in [1.82, 2.24) is 25.1 Å². The molecule has 2 rings (SSSR count). The summed E-state index contributed by atoms with van der Waals surface area (Å²) in [6, 6.07) is 4.00. The quantitative estimate of drug-likeness (QED) is 0.743. The zero-order chi connectivity index (χ0) is 11.2. The summed E-state index contributed by atoms with van der Waals surface area (Å²) in [5.41, 5.74) is 1.19. The molecule has 2 heterocycles. The van der Waals surface area contributed by atoms with E-state index in [0.717, 1.165) is 25.3 Å². The predicted octanol–water partition coefficient (Wildman–Crippen LogP) is 0.542. The first-order valence-corrected chi connectivity index (χ1v) is 5.29. The van der Waals surface area contributed by atoms with Crippen molar-refractivity contribution in [1.29, 1.82) is 0 Å². The van der Waals surface area contributed by atoms with Crippen LogP contribution in [-0.4, -0.2) is 26.3 Å². The van der Waals surface area contributed by atoms with E-state index in [-0.39, 0.29) is 0 Å². The Hall–Kier alpha value is -1.75. The Bertz CT molecular complexity index is 423. The average Bonchev–Trinajstić information content (AvgIpc) is 2.72. The summed E-state index contributed by atoms with van der Waals surface area (Å²) < 4.78 is 1.72. The van der Waals surface area contributed by atoms with Crippen molar-refractivity contribution in [2.45, 2.75) is 13.0 Å². The van der Waals surface area contributed by atoms with E-state index in [1.807, 2.05) is 19.3 Å². The number of pyridine rings is 1. The van der Waals surface area contributed by atoms with Crippen molar-refractivity contribution in [2.75, 3.05) is 6.54 Å². The summed E-state index contributed by atoms with van der Waals surface area (Å²) >= 11 is 0. The number of hydrogen-bond donors (Lipinski definition) is 1. The van der Waals surface area contributed by atoms with E-state index in [4.69, 9.17) is 0 Å². The molecule has 0 saturated carbocycles. The molecule has 0 aliphatic heterocycles. The van der Waals surface area contributed by atoms with Gasteiger partial charge in [0.1, 0.15) is 6.33 Å². The van der Waals surface area contributed by atoms with Gasteiger partial charge in [-0.25, -0.2) is 4.98 Å². The van der Waals surface area contributed by atoms with E-state index >= 15 is 0 Å². The molecule has 2 aromatic heterocycles. The fourth-order valence-corrected chi connectivity index (χ4v) is 1.43. The van der Waals surface area contributed by atoms with Gasteiger partial charge in [0, 0.05) is 39.0 Å². The molecule has 84 valence electrons. The van der Waals surface area contributed by atoms with Crippen LogP contribution in [0.5, 0.6) is 0 Å². The Morgan fingerprint density at radius 3 is 3.06 bits per heavy atom. The van der Waals surface area contributed by atoms with E-state index in [1.165, 1.54) is 5.56 Å². The molecule has 5 heteroatoms. The van der Waals surface area contributed by atoms with Crippen LogP contribution in [0.3, 0.4) is 0 Å². The highest BCUT2D eigenvalue weighted by Gasteiger charge is 1.98. The molecule has 0 spiro atoms. The first kappa shape index (κ1) is 10.8. The second-order valence-corrected chi connectivity index (χ2v) is 3.62. The van der Waals surface area contributed by atoms with Crippen molar-refractivity contribution in [3.05, 3.63) is 42.2 Å². The van der Waals surface area contributed by atoms with Gasteiger partial charge >= 0.3 is 0 Å². The number of rotatable bonds is 5. The summed E-state index contributed by atoms with van der Waals surface area (Å²) in [5, 5.41) is 7.54. The van der Waals surface area contributed by atoms with Crippen molar-refractivity contribution in [3.63, 3.8) is 0 Å². The molecule has 2 aromatic rings. The van der Waals surface area contributed by atoms with Crippen LogP contribution >= 0.6 is 0 Å². The average molecular weight is 217 g/mol. The summed E-state index contributed by atoms with van der Waals surface area (Å²) in [7, 11) is 1.87. The van der Waals surface area contributed by atoms with Crippen LogP contribution in [0, 0.1) is 0 Å². The molecule has 0 radical (unpaired) electrons. The maximum absolute atomic E-state index is 4.21. The van der Waals surface area contributed by atoms with Crippen LogP contribution in [0.25, 0.3) is 0 Å². The summed E-state index contributed by atoms with van der Waals surface area (Å²) in [6.07, 6.45) is 6.21. The van der Waals surface area contributed by atoms with Gasteiger partial charge in [0.15, 0.2) is 5.82 Å². The summed E-state index contributed by atoms with van der Waals surface area (Å²) in [5.74, 6) is 0.876. The maximum atomic E-state index is 4.21. The smallest absolute Gasteiger partial charge is 0.151 e. The Morgan fingerprint density at radius 1 is 1.44 bits per heavy atom. The van der Waals surface area contributed by atoms with Crippen LogP contribution in [0.4, 0.5) is 0 Å². The van der Waals surface area contributed by atoms with Gasteiger partial charge in [-0.1, -0.05) is 6.07 Å². The lowest BCUT2D eigenvalue weighted by atomic mass is 10.3. The zero-order valence-corrected chi connectivity index (χ0v) is 9.30. The molecule has 0 bridgehead atoms. The van der Waals surface area contributed by atoms with Crippen molar-refractivity contribution >= 4 is 0 Å². The van der Waals surface area contributed by atoms with Gasteiger partial charge in [-0.2, -0.15) is 5.10 Å². The van der Waals surface area contributed by atoms with E-state index in [0.29, 0.717) is 0 Å². The largest absolute Gasteiger partial charge is 0.312 e. The number of aromatic nitrogens is 4. The van der Waals surface area contributed by atoms with Crippen molar-refractivity contribution in [3.8, 4) is 0 Å². The van der Waals surface area contributed by atoms with Crippen LogP contribution in [0.2, 0.25) is 0 Å². The molecule has 0 saturated heterocycles. The normalized spacial score (nSPS) is 10.6. The van der Waals surface area contributed by atoms with E-state index in [9.17, 15) is 0 Å². The number of aryl methyl sites for hydroxylation is 1. The number of nitrogens with one attached hydrogen (secondary N) is 1. The molecule has 0 atom stereocenters. The molecule has 0 aromatic carbocycles. The van der Waals surface area contributed by atoms with E-state index in [1.54, 1.807) is 17.2 Å². The fraction of sp³-hybridized carbons (Fsp3) is 0.364. The number of hydrogen-bond acceptors (Lipinski definition) is 4. The van der Waals surface area contributed by atoms with Crippen LogP contribution in [0.15, 0.2) is 30.9 Å². The first-order chi connectivity index (χ1) is 7.84. The number of nitrogens with zero attached hydrogens (tertiary/aromatic N) is 4. The highest BCUT2D eigenvalue weighted by Crippen LogP contribution is 1.94. The lowest BCUT2D eigenvalue weighted by Crippen LogP contribution is -2.17. The third kappa shape index (κ3) is 3.13. The minimum Gasteiger partial charge on any atom is -0.312 e. The van der Waals surface area contributed by atoms with Gasteiger partial charge in [-0.3, -0.25) is 9.67 Å². The van der Waals surface area contributed by atoms with E-state index in [2.05, 4.69) is 26.4 Å². The molecule has 0 aliphatic rings. The van der Waals surface area contributed by atoms with Gasteiger partial charge in [-0.15, -0.1) is 0 Å². The predicted molar refractivity (Wildman–Crippen MR) is 60.7 cm³/mol. The monoisotopic (exact) mass is 217 g/mol. The third-order valence-electron chi connectivity index (χ3n) is 2.22. The molecule has 0 unspecified atom stereocenters. The molecule has 0 aliphatic carbocycles. The van der Waals surface area contributed by atoms with Gasteiger partial charge < -0.3 is 5.32 Å². The van der Waals surface area contributed by atoms with Gasteiger partial charge in [0.2, 0.25) is 0 Å². The Morgan fingerprint density at radius 2 is 2.38 bits per heavy atom. The standard InChI is InChI=1S/C11H15N5/c1-16-9-14-11(15-16)4-6-13-8-10-3-2-5-12-7-10/h2-3,5,7,9,13H,4,6,8H2,1H3. The second-order valence-electron chi connectivity index (χ2n) is 3.62. The van der Waals surface area contributed by atoms with Crippen molar-refractivity contribution < 1.29 is 0 Å². The van der Waals surface area contributed by atoms with Crippen LogP contribution in [0.1, 0.15) is 11.4 Å². The Labute approximate surface area is 94.5 Å². The third-order valence-corrected chi connectivity index (χ3v) is 2.22. The first-order valence-electron chi connectivity index (χ1n) is 5.29. The molecule has 1 N–H and O–H groups in total. The summed E-state index contributed by atoms with van der Waals surface area (Å²) in [4.78, 5) is 8.22. The van der Waals surface area contributed by atoms with Gasteiger partial charge in [0.05, 0.1) is 0 Å². The maximum Gasteiger partial charge on any atom is 0.151 e. The Kier molecular flexibility index (Phi) is 3.61. The van der Waals surface area contributed by atoms with Crippen LogP contribution in [-0.2, 0) is 20.0 Å². The molecule has 16 heavy (non-hydrogen) atoms. The lowest BCUT2D eigenvalue weighted by molar-refractivity contribution is 0.660. The van der Waals surface area contributed by atoms with Gasteiger partial charge in [-0.05, 0) is 11.6 Å². The van der Waals surface area contributed by atoms with E-state index < -0.39 is 0 Å². The topological polar surface area (TPSA) is 55.6 Å². The second kappa shape index (κ2) is 5.37. The zero-order valence-electron chi connectivity index (χ0n) is 9.30. The van der Waals surface area contributed by atoms with Crippen LogP contribution < -0.4 is 5.32 Å². The lowest BCUT2D eigenvalue weighted by Gasteiger charge is -2.02. The fourth-order valence-electron chi connectivity index (χ4n) is 1.43. The SMILES string of the molecule is Cn1cnc(CCNCc2cccnc2)n1. The molecular formula is C11H15N5. The summed E-state index contributed by atoms with van der Waals surface area (Å²) in [6.45, 7) is 1.71. The minimum atomic E-state index is 0.834. The minimum absolute atomic E-state index is 0.834. The molecule has 5 nitrogen and oxygen atoms in total. The highest BCUT2D eigenvalue weighted by atomic mass is 15.3.